The number of hydrogen-bond acceptors (Lipinski definition) is 3. The second kappa shape index (κ2) is 6.57. The Kier molecular flexibility index (Phi) is 5.38. The molecule has 1 unspecified atom stereocenters. The monoisotopic (exact) mass is 241 g/mol. The zero-order chi connectivity index (χ0) is 12.8. The summed E-state index contributed by atoms with van der Waals surface area (Å²) in [6.07, 6.45) is -0.736. The van der Waals surface area contributed by atoms with Gasteiger partial charge < -0.3 is 14.7 Å². The first-order chi connectivity index (χ1) is 8.12. The first kappa shape index (κ1) is 13.9. The van der Waals surface area contributed by atoms with Crippen LogP contribution in [0.25, 0.3) is 0 Å². The molecule has 0 aliphatic rings. The third kappa shape index (κ3) is 3.68. The Balaban J connectivity index is 2.86. The molecule has 1 aromatic rings. The lowest BCUT2D eigenvalue weighted by atomic mass is 10.1. The maximum absolute atomic E-state index is 13.2. The largest absolute Gasteiger partial charge is 0.496 e. The summed E-state index contributed by atoms with van der Waals surface area (Å²) in [5, 5.41) is 10.1. The zero-order valence-electron chi connectivity index (χ0n) is 10.6. The van der Waals surface area contributed by atoms with Gasteiger partial charge in [0.15, 0.2) is 0 Å². The Morgan fingerprint density at radius 1 is 1.35 bits per heavy atom. The molecule has 17 heavy (non-hydrogen) atoms. The fraction of sp³-hybridized carbons (Fsp3) is 0.538. The van der Waals surface area contributed by atoms with Crippen LogP contribution < -0.4 is 4.74 Å². The molecule has 0 fully saturated rings. The first-order valence-electron chi connectivity index (χ1n) is 5.86. The molecule has 1 rings (SSSR count). The number of rotatable bonds is 6. The quantitative estimate of drug-likeness (QED) is 0.829. The molecule has 0 aliphatic heterocycles. The average Bonchev–Trinajstić information content (AvgIpc) is 2.35. The van der Waals surface area contributed by atoms with Crippen molar-refractivity contribution in [2.75, 3.05) is 26.7 Å². The number of aliphatic hydroxyl groups is 1. The van der Waals surface area contributed by atoms with Crippen molar-refractivity contribution in [3.63, 3.8) is 0 Å². The van der Waals surface area contributed by atoms with Gasteiger partial charge >= 0.3 is 0 Å². The second-order valence-corrected chi connectivity index (χ2v) is 3.89. The van der Waals surface area contributed by atoms with Crippen molar-refractivity contribution in [3.05, 3.63) is 29.6 Å². The van der Waals surface area contributed by atoms with Crippen molar-refractivity contribution in [1.82, 2.24) is 4.90 Å². The highest BCUT2D eigenvalue weighted by Gasteiger charge is 2.16. The first-order valence-corrected chi connectivity index (χ1v) is 5.86. The van der Waals surface area contributed by atoms with E-state index in [-0.39, 0.29) is 5.82 Å². The van der Waals surface area contributed by atoms with Gasteiger partial charge in [-0.1, -0.05) is 13.8 Å². The molecule has 1 N–H and O–H groups in total. The van der Waals surface area contributed by atoms with Gasteiger partial charge in [0.25, 0.3) is 0 Å². The summed E-state index contributed by atoms with van der Waals surface area (Å²) in [6.45, 7) is 6.24. The lowest BCUT2D eigenvalue weighted by Crippen LogP contribution is -2.28. The van der Waals surface area contributed by atoms with Crippen LogP contribution in [-0.4, -0.2) is 36.8 Å². The van der Waals surface area contributed by atoms with Crippen LogP contribution in [0.3, 0.4) is 0 Å². The maximum Gasteiger partial charge on any atom is 0.124 e. The van der Waals surface area contributed by atoms with Crippen molar-refractivity contribution in [3.8, 4) is 5.75 Å². The fourth-order valence-corrected chi connectivity index (χ4v) is 1.79. The molecule has 0 aromatic heterocycles. The Hall–Kier alpha value is -1.13. The smallest absolute Gasteiger partial charge is 0.124 e. The Morgan fingerprint density at radius 3 is 2.53 bits per heavy atom. The summed E-state index contributed by atoms with van der Waals surface area (Å²) < 4.78 is 18.3. The van der Waals surface area contributed by atoms with Crippen molar-refractivity contribution in [2.45, 2.75) is 20.0 Å². The highest BCUT2D eigenvalue weighted by atomic mass is 19.1. The maximum atomic E-state index is 13.2. The Morgan fingerprint density at radius 2 is 2.00 bits per heavy atom. The van der Waals surface area contributed by atoms with Crippen molar-refractivity contribution < 1.29 is 14.2 Å². The van der Waals surface area contributed by atoms with Gasteiger partial charge in [0.1, 0.15) is 11.6 Å². The minimum absolute atomic E-state index is 0.362. The molecule has 0 amide bonds. The molecular formula is C13H20FNO2. The minimum atomic E-state index is -0.736. The highest BCUT2D eigenvalue weighted by molar-refractivity contribution is 5.35. The van der Waals surface area contributed by atoms with Crippen LogP contribution in [-0.2, 0) is 0 Å². The molecule has 4 heteroatoms. The third-order valence-electron chi connectivity index (χ3n) is 2.88. The molecule has 1 aromatic carbocycles. The average molecular weight is 241 g/mol. The molecule has 0 bridgehead atoms. The van der Waals surface area contributed by atoms with Gasteiger partial charge in [0.05, 0.1) is 13.2 Å². The van der Waals surface area contributed by atoms with Gasteiger partial charge in [-0.2, -0.15) is 0 Å². The lowest BCUT2D eigenvalue weighted by molar-refractivity contribution is 0.116. The Bertz CT molecular complexity index is 353. The van der Waals surface area contributed by atoms with Gasteiger partial charge in [0, 0.05) is 12.1 Å². The van der Waals surface area contributed by atoms with Crippen molar-refractivity contribution in [2.24, 2.45) is 0 Å². The number of hydrogen-bond donors (Lipinski definition) is 1. The van der Waals surface area contributed by atoms with Crippen LogP contribution in [0.1, 0.15) is 25.5 Å². The van der Waals surface area contributed by atoms with Gasteiger partial charge in [-0.3, -0.25) is 0 Å². The van der Waals surface area contributed by atoms with E-state index in [1.807, 2.05) is 13.8 Å². The summed E-state index contributed by atoms with van der Waals surface area (Å²) in [4.78, 5) is 2.08. The van der Waals surface area contributed by atoms with Gasteiger partial charge in [-0.05, 0) is 31.3 Å². The molecule has 0 aliphatic carbocycles. The summed E-state index contributed by atoms with van der Waals surface area (Å²) >= 11 is 0. The molecule has 0 heterocycles. The number of halogens is 1. The van der Waals surface area contributed by atoms with Crippen LogP contribution in [0.2, 0.25) is 0 Å². The van der Waals surface area contributed by atoms with Crippen molar-refractivity contribution >= 4 is 0 Å². The number of methoxy groups -OCH3 is 1. The molecule has 0 spiro atoms. The predicted molar refractivity (Wildman–Crippen MR) is 65.7 cm³/mol. The van der Waals surface area contributed by atoms with Crippen molar-refractivity contribution in [1.29, 1.82) is 0 Å². The van der Waals surface area contributed by atoms with Crippen LogP contribution in [0.5, 0.6) is 5.75 Å². The predicted octanol–water partition coefficient (Wildman–Crippen LogP) is 2.21. The van der Waals surface area contributed by atoms with E-state index in [0.29, 0.717) is 17.9 Å². The summed E-state index contributed by atoms with van der Waals surface area (Å²) in [5.41, 5.74) is 0.499. The number of aliphatic hydroxyl groups excluding tert-OH is 1. The van der Waals surface area contributed by atoms with E-state index in [0.717, 1.165) is 13.1 Å². The van der Waals surface area contributed by atoms with Crippen LogP contribution in [0, 0.1) is 5.82 Å². The van der Waals surface area contributed by atoms with Gasteiger partial charge in [-0.25, -0.2) is 4.39 Å². The topological polar surface area (TPSA) is 32.7 Å². The van der Waals surface area contributed by atoms with E-state index in [1.54, 1.807) is 0 Å². The van der Waals surface area contributed by atoms with Crippen LogP contribution >= 0.6 is 0 Å². The number of ether oxygens (including phenoxy) is 1. The molecular weight excluding hydrogens is 221 g/mol. The molecule has 0 saturated heterocycles. The van der Waals surface area contributed by atoms with E-state index in [9.17, 15) is 9.50 Å². The summed E-state index contributed by atoms with van der Waals surface area (Å²) in [5.74, 6) is 0.158. The minimum Gasteiger partial charge on any atom is -0.496 e. The molecule has 1 atom stereocenters. The fourth-order valence-electron chi connectivity index (χ4n) is 1.79. The lowest BCUT2D eigenvalue weighted by Gasteiger charge is -2.23. The standard InChI is InChI=1S/C13H20FNO2/c1-4-15(5-2)9-12(16)11-8-10(14)6-7-13(11)17-3/h6-8,12,16H,4-5,9H2,1-3H3. The molecule has 96 valence electrons. The molecule has 0 radical (unpaired) electrons. The third-order valence-corrected chi connectivity index (χ3v) is 2.88. The normalized spacial score (nSPS) is 12.8. The van der Waals surface area contributed by atoms with E-state index >= 15 is 0 Å². The number of nitrogens with zero attached hydrogens (tertiary/aromatic N) is 1. The molecule has 3 nitrogen and oxygen atoms in total. The van der Waals surface area contributed by atoms with E-state index in [1.165, 1.54) is 25.3 Å². The Labute approximate surface area is 102 Å². The van der Waals surface area contributed by atoms with Crippen LogP contribution in [0.15, 0.2) is 18.2 Å². The van der Waals surface area contributed by atoms with Gasteiger partial charge in [-0.15, -0.1) is 0 Å². The zero-order valence-corrected chi connectivity index (χ0v) is 10.6. The summed E-state index contributed by atoms with van der Waals surface area (Å²) in [6, 6.07) is 4.19. The highest BCUT2D eigenvalue weighted by Crippen LogP contribution is 2.26. The van der Waals surface area contributed by atoms with E-state index in [2.05, 4.69) is 4.90 Å². The van der Waals surface area contributed by atoms with E-state index < -0.39 is 6.10 Å². The SMILES string of the molecule is CCN(CC)CC(O)c1cc(F)ccc1OC. The van der Waals surface area contributed by atoms with E-state index in [4.69, 9.17) is 4.74 Å². The van der Waals surface area contributed by atoms with Crippen LogP contribution in [0.4, 0.5) is 4.39 Å². The number of benzene rings is 1. The number of likely N-dealkylation sites (N-methyl/N-ethyl adjacent to an activating group) is 1. The molecule has 0 saturated carbocycles. The van der Waals surface area contributed by atoms with Gasteiger partial charge in [0.2, 0.25) is 0 Å². The second-order valence-electron chi connectivity index (χ2n) is 3.89. The summed E-state index contributed by atoms with van der Waals surface area (Å²) in [7, 11) is 1.51.